The van der Waals surface area contributed by atoms with Crippen LogP contribution >= 0.6 is 0 Å². The largest absolute Gasteiger partial charge is 0.493 e. The van der Waals surface area contributed by atoms with Crippen LogP contribution in [0.4, 0.5) is 0 Å². The number of hydrogen-bond donors (Lipinski definition) is 0. The second-order valence-electron chi connectivity index (χ2n) is 2.15. The topological polar surface area (TPSA) is 18.5 Å². The van der Waals surface area contributed by atoms with Gasteiger partial charge < -0.3 is 9.47 Å². The van der Waals surface area contributed by atoms with Crippen molar-refractivity contribution in [3.63, 3.8) is 0 Å². The Hall–Kier alpha value is -1.18. The van der Waals surface area contributed by atoms with Crippen LogP contribution in [0.3, 0.4) is 0 Å². The van der Waals surface area contributed by atoms with E-state index in [1.54, 1.807) is 14.2 Å². The first-order valence-electron chi connectivity index (χ1n) is 3.32. The van der Waals surface area contributed by atoms with Gasteiger partial charge in [-0.2, -0.15) is 0 Å². The number of hydrogen-bond acceptors (Lipinski definition) is 2. The van der Waals surface area contributed by atoms with E-state index in [2.05, 4.69) is 6.92 Å². The minimum Gasteiger partial charge on any atom is -0.493 e. The molecule has 1 radical (unpaired) electrons. The van der Waals surface area contributed by atoms with Crippen LogP contribution in [0, 0.1) is 6.92 Å². The van der Waals surface area contributed by atoms with Crippen LogP contribution in [-0.2, 0) is 0 Å². The fourth-order valence-electron chi connectivity index (χ4n) is 0.954. The standard InChI is InChI=1S/C9H11O2/c1-7-5-4-6-8(10-2)9(7)11-3/h4-6H,1H2,2-3H3. The molecule has 2 heteroatoms. The summed E-state index contributed by atoms with van der Waals surface area (Å²) in [4.78, 5) is 0. The molecule has 1 aromatic carbocycles. The van der Waals surface area contributed by atoms with Gasteiger partial charge in [-0.25, -0.2) is 0 Å². The quantitative estimate of drug-likeness (QED) is 0.642. The highest BCUT2D eigenvalue weighted by molar-refractivity contribution is 5.47. The fourth-order valence-corrected chi connectivity index (χ4v) is 0.954. The number of rotatable bonds is 2. The molecule has 0 saturated carbocycles. The lowest BCUT2D eigenvalue weighted by Crippen LogP contribution is -1.91. The molecule has 0 aliphatic rings. The molecule has 11 heavy (non-hydrogen) atoms. The molecular formula is C9H11O2. The molecule has 2 nitrogen and oxygen atoms in total. The summed E-state index contributed by atoms with van der Waals surface area (Å²) in [5, 5.41) is 0. The molecule has 0 fully saturated rings. The molecule has 0 aliphatic heterocycles. The monoisotopic (exact) mass is 151 g/mol. The van der Waals surface area contributed by atoms with Crippen LogP contribution in [0.25, 0.3) is 0 Å². The zero-order valence-electron chi connectivity index (χ0n) is 6.76. The van der Waals surface area contributed by atoms with Crippen LogP contribution in [0.15, 0.2) is 18.2 Å². The molecule has 0 saturated heterocycles. The van der Waals surface area contributed by atoms with Crippen molar-refractivity contribution >= 4 is 0 Å². The lowest BCUT2D eigenvalue weighted by atomic mass is 10.2. The van der Waals surface area contributed by atoms with E-state index in [1.165, 1.54) is 0 Å². The van der Waals surface area contributed by atoms with Gasteiger partial charge in [0.1, 0.15) is 0 Å². The van der Waals surface area contributed by atoms with E-state index in [1.807, 2.05) is 18.2 Å². The van der Waals surface area contributed by atoms with Gasteiger partial charge in [0, 0.05) is 0 Å². The first kappa shape index (κ1) is 7.92. The summed E-state index contributed by atoms with van der Waals surface area (Å²) in [6.07, 6.45) is 0. The van der Waals surface area contributed by atoms with Gasteiger partial charge in [0.15, 0.2) is 11.5 Å². The van der Waals surface area contributed by atoms with Crippen molar-refractivity contribution in [2.75, 3.05) is 14.2 Å². The zero-order chi connectivity index (χ0) is 8.27. The summed E-state index contributed by atoms with van der Waals surface area (Å²) in [6, 6.07) is 5.60. The maximum atomic E-state index is 5.08. The molecular weight excluding hydrogens is 140 g/mol. The minimum absolute atomic E-state index is 0.704. The molecule has 0 aromatic heterocycles. The molecule has 0 spiro atoms. The second-order valence-corrected chi connectivity index (χ2v) is 2.15. The van der Waals surface area contributed by atoms with Crippen molar-refractivity contribution in [3.8, 4) is 11.5 Å². The van der Waals surface area contributed by atoms with Gasteiger partial charge in [0.2, 0.25) is 0 Å². The molecule has 59 valence electrons. The third-order valence-electron chi connectivity index (χ3n) is 1.48. The van der Waals surface area contributed by atoms with E-state index in [9.17, 15) is 0 Å². The predicted octanol–water partition coefficient (Wildman–Crippen LogP) is 1.89. The Morgan fingerprint density at radius 2 is 1.91 bits per heavy atom. The predicted molar refractivity (Wildman–Crippen MR) is 44.0 cm³/mol. The smallest absolute Gasteiger partial charge is 0.163 e. The molecule has 1 aromatic rings. The van der Waals surface area contributed by atoms with Gasteiger partial charge >= 0.3 is 0 Å². The third kappa shape index (κ3) is 1.45. The highest BCUT2D eigenvalue weighted by atomic mass is 16.5. The summed E-state index contributed by atoms with van der Waals surface area (Å²) < 4.78 is 10.1. The van der Waals surface area contributed by atoms with E-state index in [4.69, 9.17) is 9.47 Å². The molecule has 0 unspecified atom stereocenters. The zero-order valence-corrected chi connectivity index (χ0v) is 6.76. The molecule has 0 atom stereocenters. The van der Waals surface area contributed by atoms with Crippen LogP contribution in [0.2, 0.25) is 0 Å². The minimum atomic E-state index is 0.704. The Morgan fingerprint density at radius 1 is 1.18 bits per heavy atom. The highest BCUT2D eigenvalue weighted by Crippen LogP contribution is 2.29. The Bertz CT molecular complexity index is 243. The van der Waals surface area contributed by atoms with Gasteiger partial charge in [0.25, 0.3) is 0 Å². The number of ether oxygens (including phenoxy) is 2. The maximum Gasteiger partial charge on any atom is 0.163 e. The Morgan fingerprint density at radius 3 is 2.36 bits per heavy atom. The van der Waals surface area contributed by atoms with Crippen LogP contribution in [0.1, 0.15) is 5.56 Å². The Labute approximate surface area is 66.8 Å². The first-order valence-corrected chi connectivity index (χ1v) is 3.32. The molecule has 0 amide bonds. The SMILES string of the molecule is [CH2]c1cccc(OC)c1OC. The summed E-state index contributed by atoms with van der Waals surface area (Å²) in [6.45, 7) is 3.79. The summed E-state index contributed by atoms with van der Waals surface area (Å²) >= 11 is 0. The highest BCUT2D eigenvalue weighted by Gasteiger charge is 2.03. The van der Waals surface area contributed by atoms with Crippen molar-refractivity contribution in [2.24, 2.45) is 0 Å². The molecule has 0 heterocycles. The molecule has 1 rings (SSSR count). The van der Waals surface area contributed by atoms with E-state index >= 15 is 0 Å². The van der Waals surface area contributed by atoms with Crippen LogP contribution in [-0.4, -0.2) is 14.2 Å². The van der Waals surface area contributed by atoms with E-state index < -0.39 is 0 Å². The van der Waals surface area contributed by atoms with E-state index in [0.29, 0.717) is 5.75 Å². The van der Waals surface area contributed by atoms with Gasteiger partial charge in [-0.1, -0.05) is 12.1 Å². The lowest BCUT2D eigenvalue weighted by Gasteiger charge is -2.08. The van der Waals surface area contributed by atoms with Gasteiger partial charge in [-0.3, -0.25) is 0 Å². The number of benzene rings is 1. The molecule has 0 N–H and O–H groups in total. The average molecular weight is 151 g/mol. The summed E-state index contributed by atoms with van der Waals surface area (Å²) in [5.74, 6) is 1.43. The first-order chi connectivity index (χ1) is 5.29. The van der Waals surface area contributed by atoms with Crippen molar-refractivity contribution in [3.05, 3.63) is 30.7 Å². The summed E-state index contributed by atoms with van der Waals surface area (Å²) in [7, 11) is 3.21. The third-order valence-corrected chi connectivity index (χ3v) is 1.48. The number of para-hydroxylation sites is 1. The van der Waals surface area contributed by atoms with Gasteiger partial charge in [-0.05, 0) is 18.6 Å². The Kier molecular flexibility index (Phi) is 2.36. The Balaban J connectivity index is 3.13. The summed E-state index contributed by atoms with van der Waals surface area (Å²) in [5.41, 5.74) is 0.840. The molecule has 0 bridgehead atoms. The van der Waals surface area contributed by atoms with E-state index in [-0.39, 0.29) is 0 Å². The van der Waals surface area contributed by atoms with E-state index in [0.717, 1.165) is 11.3 Å². The van der Waals surface area contributed by atoms with Crippen molar-refractivity contribution < 1.29 is 9.47 Å². The fraction of sp³-hybridized carbons (Fsp3) is 0.222. The lowest BCUT2D eigenvalue weighted by molar-refractivity contribution is 0.354. The second kappa shape index (κ2) is 3.28. The van der Waals surface area contributed by atoms with Crippen LogP contribution in [0.5, 0.6) is 11.5 Å². The number of methoxy groups -OCH3 is 2. The van der Waals surface area contributed by atoms with Gasteiger partial charge in [-0.15, -0.1) is 0 Å². The molecule has 0 aliphatic carbocycles. The van der Waals surface area contributed by atoms with Crippen molar-refractivity contribution in [1.29, 1.82) is 0 Å². The maximum absolute atomic E-state index is 5.08. The van der Waals surface area contributed by atoms with Crippen molar-refractivity contribution in [2.45, 2.75) is 0 Å². The van der Waals surface area contributed by atoms with Crippen molar-refractivity contribution in [1.82, 2.24) is 0 Å². The average Bonchev–Trinajstić information content (AvgIpc) is 2.04. The normalized spacial score (nSPS) is 9.36. The van der Waals surface area contributed by atoms with Crippen LogP contribution < -0.4 is 9.47 Å². The van der Waals surface area contributed by atoms with Gasteiger partial charge in [0.05, 0.1) is 14.2 Å².